The summed E-state index contributed by atoms with van der Waals surface area (Å²) in [4.78, 5) is 4.40. The van der Waals surface area contributed by atoms with Crippen molar-refractivity contribution in [1.29, 1.82) is 0 Å². The Bertz CT molecular complexity index is 281. The molecule has 1 saturated heterocycles. The summed E-state index contributed by atoms with van der Waals surface area (Å²) in [7, 11) is 0. The third kappa shape index (κ3) is 2.45. The Morgan fingerprint density at radius 3 is 3.00 bits per heavy atom. The van der Waals surface area contributed by atoms with E-state index in [1.54, 1.807) is 11.3 Å². The number of nitrogens with zero attached hydrogens (tertiary/aromatic N) is 1. The second-order valence-electron chi connectivity index (χ2n) is 3.53. The molecule has 1 fully saturated rings. The second kappa shape index (κ2) is 4.75. The van der Waals surface area contributed by atoms with Crippen LogP contribution in [0.1, 0.15) is 25.5 Å². The van der Waals surface area contributed by atoms with Gasteiger partial charge in [0, 0.05) is 5.38 Å². The number of hydrogen-bond donors (Lipinski definition) is 1. The van der Waals surface area contributed by atoms with Crippen molar-refractivity contribution in [2.24, 2.45) is 0 Å². The molecule has 1 aliphatic rings. The molecule has 2 heterocycles. The Balaban J connectivity index is 1.89. The molecule has 14 heavy (non-hydrogen) atoms. The van der Waals surface area contributed by atoms with E-state index in [0.29, 0.717) is 6.10 Å². The first-order valence-corrected chi connectivity index (χ1v) is 6.08. The van der Waals surface area contributed by atoms with Gasteiger partial charge in [0.2, 0.25) is 0 Å². The van der Waals surface area contributed by atoms with Crippen LogP contribution in [0.2, 0.25) is 0 Å². The molecule has 0 radical (unpaired) electrons. The van der Waals surface area contributed by atoms with Crippen molar-refractivity contribution in [1.82, 2.24) is 10.3 Å². The molecule has 1 aromatic rings. The summed E-state index contributed by atoms with van der Waals surface area (Å²) in [5, 5.41) is 6.24. The average molecular weight is 212 g/mol. The Morgan fingerprint density at radius 2 is 2.36 bits per heavy atom. The van der Waals surface area contributed by atoms with Crippen LogP contribution in [0.5, 0.6) is 5.19 Å². The van der Waals surface area contributed by atoms with Crippen LogP contribution in [-0.2, 0) is 6.42 Å². The van der Waals surface area contributed by atoms with Crippen molar-refractivity contribution in [3.8, 4) is 5.19 Å². The van der Waals surface area contributed by atoms with Gasteiger partial charge < -0.3 is 10.1 Å². The van der Waals surface area contributed by atoms with Crippen molar-refractivity contribution in [3.63, 3.8) is 0 Å². The molecule has 0 bridgehead atoms. The number of rotatable bonds is 3. The van der Waals surface area contributed by atoms with Gasteiger partial charge in [-0.2, -0.15) is 0 Å². The summed E-state index contributed by atoms with van der Waals surface area (Å²) >= 11 is 1.61. The summed E-state index contributed by atoms with van der Waals surface area (Å²) in [5.74, 6) is 0. The molecule has 0 unspecified atom stereocenters. The third-order valence-electron chi connectivity index (χ3n) is 2.45. The lowest BCUT2D eigenvalue weighted by Gasteiger charge is -2.22. The summed E-state index contributed by atoms with van der Waals surface area (Å²) in [5.41, 5.74) is 1.14. The van der Waals surface area contributed by atoms with Crippen LogP contribution in [0.15, 0.2) is 5.38 Å². The highest BCUT2D eigenvalue weighted by Crippen LogP contribution is 2.21. The van der Waals surface area contributed by atoms with Crippen LogP contribution in [0.25, 0.3) is 0 Å². The summed E-state index contributed by atoms with van der Waals surface area (Å²) in [6.45, 7) is 4.25. The molecule has 3 nitrogen and oxygen atoms in total. The Labute approximate surface area is 88.5 Å². The van der Waals surface area contributed by atoms with Crippen molar-refractivity contribution >= 4 is 11.3 Å². The number of thiazole rings is 1. The molecular formula is C10H16N2OS. The van der Waals surface area contributed by atoms with Crippen LogP contribution in [0.4, 0.5) is 0 Å². The molecule has 2 rings (SSSR count). The highest BCUT2D eigenvalue weighted by molar-refractivity contribution is 7.11. The van der Waals surface area contributed by atoms with E-state index in [9.17, 15) is 0 Å². The number of ether oxygens (including phenoxy) is 1. The Morgan fingerprint density at radius 1 is 1.57 bits per heavy atom. The molecule has 4 heteroatoms. The van der Waals surface area contributed by atoms with Gasteiger partial charge in [-0.1, -0.05) is 18.3 Å². The number of hydrogen-bond acceptors (Lipinski definition) is 4. The molecule has 0 saturated carbocycles. The van der Waals surface area contributed by atoms with E-state index in [2.05, 4.69) is 22.6 Å². The summed E-state index contributed by atoms with van der Waals surface area (Å²) < 4.78 is 5.81. The third-order valence-corrected chi connectivity index (χ3v) is 3.23. The maximum Gasteiger partial charge on any atom is 0.273 e. The van der Waals surface area contributed by atoms with Gasteiger partial charge in [0.05, 0.1) is 5.69 Å². The fourth-order valence-corrected chi connectivity index (χ4v) is 2.38. The lowest BCUT2D eigenvalue weighted by Crippen LogP contribution is -2.34. The minimum atomic E-state index is 0.368. The van der Waals surface area contributed by atoms with Gasteiger partial charge in [0.25, 0.3) is 5.19 Å². The smallest absolute Gasteiger partial charge is 0.273 e. The van der Waals surface area contributed by atoms with E-state index in [0.717, 1.165) is 43.2 Å². The Hall–Kier alpha value is -0.610. The normalized spacial score (nSPS) is 18.4. The van der Waals surface area contributed by atoms with Crippen molar-refractivity contribution in [3.05, 3.63) is 11.1 Å². The number of aromatic nitrogens is 1. The largest absolute Gasteiger partial charge is 0.467 e. The fraction of sp³-hybridized carbons (Fsp3) is 0.700. The summed E-state index contributed by atoms with van der Waals surface area (Å²) in [6, 6.07) is 0. The van der Waals surface area contributed by atoms with Crippen molar-refractivity contribution in [2.45, 2.75) is 32.3 Å². The van der Waals surface area contributed by atoms with E-state index in [4.69, 9.17) is 4.74 Å². The molecular weight excluding hydrogens is 196 g/mol. The zero-order valence-corrected chi connectivity index (χ0v) is 9.27. The first-order chi connectivity index (χ1) is 6.88. The van der Waals surface area contributed by atoms with Gasteiger partial charge in [-0.25, -0.2) is 4.98 Å². The van der Waals surface area contributed by atoms with Crippen molar-refractivity contribution in [2.75, 3.05) is 13.1 Å². The maximum absolute atomic E-state index is 5.81. The van der Waals surface area contributed by atoms with E-state index in [-0.39, 0.29) is 0 Å². The number of nitrogens with one attached hydrogen (secondary N) is 1. The van der Waals surface area contributed by atoms with Gasteiger partial charge in [-0.15, -0.1) is 0 Å². The molecule has 1 aromatic heterocycles. The minimum Gasteiger partial charge on any atom is -0.467 e. The summed E-state index contributed by atoms with van der Waals surface area (Å²) in [6.07, 6.45) is 3.56. The SMILES string of the molecule is CCc1csc(OC2CCNCC2)n1. The molecule has 1 aliphatic heterocycles. The molecule has 0 spiro atoms. The highest BCUT2D eigenvalue weighted by Gasteiger charge is 2.15. The van der Waals surface area contributed by atoms with Crippen LogP contribution in [-0.4, -0.2) is 24.2 Å². The topological polar surface area (TPSA) is 34.1 Å². The lowest BCUT2D eigenvalue weighted by atomic mass is 10.1. The van der Waals surface area contributed by atoms with Gasteiger partial charge in [-0.05, 0) is 32.4 Å². The predicted octanol–water partition coefficient (Wildman–Crippen LogP) is 1.84. The highest BCUT2D eigenvalue weighted by atomic mass is 32.1. The average Bonchev–Trinajstić information content (AvgIpc) is 2.67. The molecule has 0 aliphatic carbocycles. The van der Waals surface area contributed by atoms with Gasteiger partial charge in [0.15, 0.2) is 0 Å². The van der Waals surface area contributed by atoms with Crippen LogP contribution < -0.4 is 10.1 Å². The monoisotopic (exact) mass is 212 g/mol. The minimum absolute atomic E-state index is 0.368. The number of piperidine rings is 1. The number of aryl methyl sites for hydroxylation is 1. The zero-order chi connectivity index (χ0) is 9.80. The second-order valence-corrected chi connectivity index (χ2v) is 4.35. The first-order valence-electron chi connectivity index (χ1n) is 5.20. The molecule has 0 atom stereocenters. The van der Waals surface area contributed by atoms with Crippen LogP contribution in [0, 0.1) is 0 Å². The molecule has 0 aromatic carbocycles. The quantitative estimate of drug-likeness (QED) is 0.830. The Kier molecular flexibility index (Phi) is 3.37. The van der Waals surface area contributed by atoms with Gasteiger partial charge in [-0.3, -0.25) is 0 Å². The maximum atomic E-state index is 5.81. The lowest BCUT2D eigenvalue weighted by molar-refractivity contribution is 0.161. The van der Waals surface area contributed by atoms with Crippen molar-refractivity contribution < 1.29 is 4.74 Å². The van der Waals surface area contributed by atoms with Crippen LogP contribution in [0.3, 0.4) is 0 Å². The van der Waals surface area contributed by atoms with E-state index < -0.39 is 0 Å². The van der Waals surface area contributed by atoms with Gasteiger partial charge in [0.1, 0.15) is 6.10 Å². The predicted molar refractivity (Wildman–Crippen MR) is 58.0 cm³/mol. The molecule has 1 N–H and O–H groups in total. The van der Waals surface area contributed by atoms with Gasteiger partial charge >= 0.3 is 0 Å². The zero-order valence-electron chi connectivity index (χ0n) is 8.45. The van der Waals surface area contributed by atoms with Crippen LogP contribution >= 0.6 is 11.3 Å². The van der Waals surface area contributed by atoms with E-state index >= 15 is 0 Å². The van der Waals surface area contributed by atoms with E-state index in [1.807, 2.05) is 0 Å². The first kappa shape index (κ1) is 9.93. The fourth-order valence-electron chi connectivity index (χ4n) is 1.56. The standard InChI is InChI=1S/C10H16N2OS/c1-2-8-7-14-10(12-8)13-9-3-5-11-6-4-9/h7,9,11H,2-6H2,1H3. The van der Waals surface area contributed by atoms with E-state index in [1.165, 1.54) is 0 Å². The molecule has 0 amide bonds. The molecule has 78 valence electrons.